The third-order valence-electron chi connectivity index (χ3n) is 23.4. The number of unbranched alkanes of at least 4 members (excludes halogenated alkanes) is 2. The zero-order chi connectivity index (χ0) is 79.4. The summed E-state index contributed by atoms with van der Waals surface area (Å²) in [5.74, 6) is 0. The van der Waals surface area contributed by atoms with Crippen LogP contribution in [0.5, 0.6) is 0 Å². The SMILES string of the molecule is CCCCn1c2ccccc2c2cc(N(c3ccccc3)c3ccc(/C=C/c4ccc(N(c5ccccc5)c5ccc6c(c5)c5ccccc5n6CCCC)cc4)cc3)ccc21.Cn1c2ccccc2c2cc(N(c3ccccc3)c3ccc(/C=C/c4ccc(N(c5ccccc5)c5ccc6c(c5)c5ccccc5n6C)cc4)cc3)ccc21. The predicted octanol–water partition coefficient (Wildman–Crippen LogP) is 30.7. The molecule has 0 bridgehead atoms. The first kappa shape index (κ1) is 73.6. The van der Waals surface area contributed by atoms with E-state index in [1.807, 2.05) is 0 Å². The molecule has 16 aromatic carbocycles. The summed E-state index contributed by atoms with van der Waals surface area (Å²) in [5.41, 5.74) is 28.2. The predicted molar refractivity (Wildman–Crippen MR) is 506 cm³/mol. The van der Waals surface area contributed by atoms with Gasteiger partial charge in [-0.3, -0.25) is 0 Å². The largest absolute Gasteiger partial charge is 0.344 e. The van der Waals surface area contributed by atoms with Gasteiger partial charge in [-0.2, -0.15) is 0 Å². The van der Waals surface area contributed by atoms with Gasteiger partial charge in [0.2, 0.25) is 0 Å². The van der Waals surface area contributed by atoms with Crippen LogP contribution in [-0.4, -0.2) is 18.3 Å². The van der Waals surface area contributed by atoms with E-state index in [1.54, 1.807) is 0 Å². The highest BCUT2D eigenvalue weighted by molar-refractivity contribution is 6.13. The number of para-hydroxylation sites is 8. The van der Waals surface area contributed by atoms with Crippen LogP contribution in [0.4, 0.5) is 68.2 Å². The average molecular weight is 1530 g/mol. The maximum absolute atomic E-state index is 2.49. The number of fused-ring (bicyclic) bond motifs is 12. The van der Waals surface area contributed by atoms with Crippen molar-refractivity contribution in [2.45, 2.75) is 52.6 Å². The second kappa shape index (κ2) is 32.7. The molecule has 8 nitrogen and oxygen atoms in total. The Morgan fingerprint density at radius 2 is 0.390 bits per heavy atom. The molecule has 0 aliphatic carbocycles. The Labute approximate surface area is 690 Å². The van der Waals surface area contributed by atoms with Crippen LogP contribution >= 0.6 is 0 Å². The van der Waals surface area contributed by atoms with Crippen molar-refractivity contribution in [3.05, 3.63) is 411 Å². The molecule has 572 valence electrons. The molecule has 0 radical (unpaired) electrons. The second-order valence-electron chi connectivity index (χ2n) is 30.7. The lowest BCUT2D eigenvalue weighted by atomic mass is 10.1. The molecule has 0 saturated heterocycles. The van der Waals surface area contributed by atoms with Crippen molar-refractivity contribution in [1.82, 2.24) is 18.3 Å². The smallest absolute Gasteiger partial charge is 0.0492 e. The van der Waals surface area contributed by atoms with Crippen molar-refractivity contribution in [2.24, 2.45) is 14.1 Å². The maximum atomic E-state index is 2.49. The zero-order valence-corrected chi connectivity index (χ0v) is 67.1. The number of hydrogen-bond acceptors (Lipinski definition) is 4. The van der Waals surface area contributed by atoms with E-state index in [2.05, 4.69) is 478 Å². The van der Waals surface area contributed by atoms with Gasteiger partial charge >= 0.3 is 0 Å². The fourth-order valence-corrected chi connectivity index (χ4v) is 17.5. The number of aryl methyl sites for hydroxylation is 4. The molecule has 20 aromatic rings. The molecule has 0 aliphatic heterocycles. The van der Waals surface area contributed by atoms with Crippen molar-refractivity contribution in [2.75, 3.05) is 19.6 Å². The Kier molecular flexibility index (Phi) is 20.4. The molecular formula is C110H92N8. The van der Waals surface area contributed by atoms with Crippen LogP contribution < -0.4 is 19.6 Å². The van der Waals surface area contributed by atoms with Crippen LogP contribution in [0.3, 0.4) is 0 Å². The zero-order valence-electron chi connectivity index (χ0n) is 67.1. The molecule has 0 unspecified atom stereocenters. The van der Waals surface area contributed by atoms with Gasteiger partial charge in [0.05, 0.1) is 0 Å². The van der Waals surface area contributed by atoms with Crippen molar-refractivity contribution in [3.63, 3.8) is 0 Å². The van der Waals surface area contributed by atoms with Gasteiger partial charge in [-0.1, -0.05) is 245 Å². The summed E-state index contributed by atoms with van der Waals surface area (Å²) < 4.78 is 9.55. The standard InChI is InChI=1S/C58H52N4.C52H40N4/c1-3-5-39-59-55-23-15-13-21-51(55)53-41-49(35-37-57(53)59)61(45-17-9-7-10-18-45)47-31-27-43(28-32-47)25-26-44-29-33-48(34-30-44)62(46-19-11-8-12-20-46)50-36-38-58-54(42-50)52-22-14-16-24-56(52)60(58)40-6-4-2;1-53-49-19-11-9-17-45(49)47-35-43(31-33-51(47)53)55(39-13-5-3-6-14-39)41-27-23-37(24-28-41)21-22-38-25-29-42(30-26-38)56(40-15-7-4-8-16-40)44-32-34-52-48(36-44)46-18-10-12-20-50(46)54(52)2/h7-38,41-42H,3-6,39-40H2,1-2H3;3-36H,1-2H3/b26-25+;22-21+. The molecule has 0 spiro atoms. The van der Waals surface area contributed by atoms with Crippen molar-refractivity contribution < 1.29 is 0 Å². The van der Waals surface area contributed by atoms with E-state index in [-0.39, 0.29) is 0 Å². The monoisotopic (exact) mass is 1520 g/mol. The third-order valence-corrected chi connectivity index (χ3v) is 23.4. The summed E-state index contributed by atoms with van der Waals surface area (Å²) in [6, 6.07) is 141. The van der Waals surface area contributed by atoms with Gasteiger partial charge in [-0.25, -0.2) is 0 Å². The minimum absolute atomic E-state index is 1.02. The number of aromatic nitrogens is 4. The van der Waals surface area contributed by atoms with E-state index in [9.17, 15) is 0 Å². The van der Waals surface area contributed by atoms with Crippen LogP contribution in [0.25, 0.3) is 112 Å². The van der Waals surface area contributed by atoms with Gasteiger partial charge in [0.1, 0.15) is 0 Å². The van der Waals surface area contributed by atoms with Gasteiger partial charge in [-0.15, -0.1) is 0 Å². The van der Waals surface area contributed by atoms with Crippen LogP contribution in [0.2, 0.25) is 0 Å². The van der Waals surface area contributed by atoms with E-state index < -0.39 is 0 Å². The Morgan fingerprint density at radius 3 is 0.661 bits per heavy atom. The molecule has 4 heterocycles. The molecule has 0 amide bonds. The Bertz CT molecular complexity index is 6590. The fraction of sp³-hybridized carbons (Fsp3) is 0.0909. The Balaban J connectivity index is 0.000000158. The Morgan fingerprint density at radius 1 is 0.195 bits per heavy atom. The summed E-state index contributed by atoms with van der Waals surface area (Å²) in [6.45, 7) is 6.57. The van der Waals surface area contributed by atoms with Gasteiger partial charge in [0.25, 0.3) is 0 Å². The van der Waals surface area contributed by atoms with Gasteiger partial charge < -0.3 is 37.9 Å². The van der Waals surface area contributed by atoms with Gasteiger partial charge in [-0.05, 0) is 229 Å². The highest BCUT2D eigenvalue weighted by Gasteiger charge is 2.22. The normalized spacial score (nSPS) is 11.7. The number of benzene rings is 16. The molecule has 0 aliphatic rings. The minimum atomic E-state index is 1.02. The number of anilines is 12. The fourth-order valence-electron chi connectivity index (χ4n) is 17.5. The summed E-state index contributed by atoms with van der Waals surface area (Å²) in [7, 11) is 4.29. The molecule has 118 heavy (non-hydrogen) atoms. The summed E-state index contributed by atoms with van der Waals surface area (Å²) >= 11 is 0. The van der Waals surface area contributed by atoms with E-state index in [0.29, 0.717) is 0 Å². The first-order valence-corrected chi connectivity index (χ1v) is 41.4. The maximum Gasteiger partial charge on any atom is 0.0492 e. The summed E-state index contributed by atoms with van der Waals surface area (Å²) in [5, 5.41) is 10.2. The van der Waals surface area contributed by atoms with E-state index >= 15 is 0 Å². The van der Waals surface area contributed by atoms with Crippen LogP contribution in [-0.2, 0) is 27.2 Å². The van der Waals surface area contributed by atoms with E-state index in [0.717, 1.165) is 116 Å². The first-order valence-electron chi connectivity index (χ1n) is 41.4. The highest BCUT2D eigenvalue weighted by atomic mass is 15.2. The summed E-state index contributed by atoms with van der Waals surface area (Å²) in [4.78, 5) is 9.41. The first-order chi connectivity index (χ1) is 58.3. The lowest BCUT2D eigenvalue weighted by Crippen LogP contribution is -2.09. The molecule has 20 rings (SSSR count). The highest BCUT2D eigenvalue weighted by Crippen LogP contribution is 2.45. The van der Waals surface area contributed by atoms with E-state index in [4.69, 9.17) is 0 Å². The molecule has 0 N–H and O–H groups in total. The third kappa shape index (κ3) is 14.3. The number of nitrogens with zero attached hydrogens (tertiary/aromatic N) is 8. The topological polar surface area (TPSA) is 32.7 Å². The van der Waals surface area contributed by atoms with Crippen LogP contribution in [0, 0.1) is 0 Å². The number of rotatable bonds is 22. The number of hydrogen-bond donors (Lipinski definition) is 0. The molecule has 4 aromatic heterocycles. The molecule has 0 atom stereocenters. The Hall–Kier alpha value is -14.6. The molecule has 8 heteroatoms. The minimum Gasteiger partial charge on any atom is -0.344 e. The van der Waals surface area contributed by atoms with Gasteiger partial charge in [0, 0.05) is 183 Å². The summed E-state index contributed by atoms with van der Waals surface area (Å²) in [6.07, 6.45) is 13.5. The molecule has 0 fully saturated rings. The van der Waals surface area contributed by atoms with Gasteiger partial charge in [0.15, 0.2) is 0 Å². The van der Waals surface area contributed by atoms with Crippen molar-refractivity contribution in [3.8, 4) is 0 Å². The molecule has 0 saturated carbocycles. The quantitative estimate of drug-likeness (QED) is 0.0633. The lowest BCUT2D eigenvalue weighted by molar-refractivity contribution is 0.665. The van der Waals surface area contributed by atoms with Crippen molar-refractivity contribution >= 4 is 180 Å². The van der Waals surface area contributed by atoms with Crippen molar-refractivity contribution in [1.29, 1.82) is 0 Å². The lowest BCUT2D eigenvalue weighted by Gasteiger charge is -2.26. The second-order valence-corrected chi connectivity index (χ2v) is 30.7. The van der Waals surface area contributed by atoms with Crippen LogP contribution in [0.1, 0.15) is 61.8 Å². The average Bonchev–Trinajstić information content (AvgIpc) is 1.61. The molecular weight excluding hydrogens is 1430 g/mol. The van der Waals surface area contributed by atoms with Crippen LogP contribution in [0.15, 0.2) is 388 Å². The van der Waals surface area contributed by atoms with E-state index in [1.165, 1.54) is 100 Å².